The lowest BCUT2D eigenvalue weighted by atomic mass is 9.99. The number of aromatic nitrogens is 2. The molecule has 0 amide bonds. The quantitative estimate of drug-likeness (QED) is 0.870. The van der Waals surface area contributed by atoms with Gasteiger partial charge in [0.05, 0.1) is 11.7 Å². The van der Waals surface area contributed by atoms with Gasteiger partial charge in [-0.25, -0.2) is 4.98 Å². The maximum atomic E-state index is 4.70. The highest BCUT2D eigenvalue weighted by molar-refractivity contribution is 5.60. The summed E-state index contributed by atoms with van der Waals surface area (Å²) in [6.07, 6.45) is 6.71. The second-order valence-corrected chi connectivity index (χ2v) is 6.08. The molecule has 1 unspecified atom stereocenters. The van der Waals surface area contributed by atoms with Crippen LogP contribution in [-0.4, -0.2) is 48.7 Å². The maximum Gasteiger partial charge on any atom is 0.117 e. The van der Waals surface area contributed by atoms with Crippen molar-refractivity contribution in [3.8, 4) is 0 Å². The van der Waals surface area contributed by atoms with Crippen LogP contribution in [0.5, 0.6) is 0 Å². The number of anilines is 1. The average Bonchev–Trinajstić information content (AvgIpc) is 2.99. The van der Waals surface area contributed by atoms with Gasteiger partial charge in [0, 0.05) is 50.5 Å². The molecule has 1 atom stereocenters. The molecule has 0 spiro atoms. The van der Waals surface area contributed by atoms with Crippen LogP contribution < -0.4 is 15.5 Å². The first-order valence-electron chi connectivity index (χ1n) is 8.05. The molecule has 2 aromatic heterocycles. The van der Waals surface area contributed by atoms with E-state index < -0.39 is 0 Å². The first-order valence-corrected chi connectivity index (χ1v) is 8.05. The van der Waals surface area contributed by atoms with Gasteiger partial charge in [-0.1, -0.05) is 0 Å². The topological polar surface area (TPSA) is 44.6 Å². The van der Waals surface area contributed by atoms with Gasteiger partial charge in [-0.05, 0) is 31.5 Å². The zero-order valence-corrected chi connectivity index (χ0v) is 12.4. The number of pyridine rings is 1. The van der Waals surface area contributed by atoms with Gasteiger partial charge in [0.1, 0.15) is 5.82 Å². The van der Waals surface area contributed by atoms with Gasteiger partial charge >= 0.3 is 0 Å². The molecule has 2 aliphatic rings. The van der Waals surface area contributed by atoms with Crippen molar-refractivity contribution in [1.29, 1.82) is 0 Å². The second-order valence-electron chi connectivity index (χ2n) is 6.08. The third kappa shape index (κ3) is 2.51. The zero-order chi connectivity index (χ0) is 14.1. The van der Waals surface area contributed by atoms with Crippen molar-refractivity contribution >= 4 is 11.2 Å². The summed E-state index contributed by atoms with van der Waals surface area (Å²) < 4.78 is 2.27. The third-order valence-electron chi connectivity index (χ3n) is 4.69. The van der Waals surface area contributed by atoms with Crippen LogP contribution in [0.1, 0.15) is 24.6 Å². The molecule has 112 valence electrons. The van der Waals surface area contributed by atoms with Gasteiger partial charge in [0.2, 0.25) is 0 Å². The van der Waals surface area contributed by atoms with Crippen LogP contribution in [0.2, 0.25) is 0 Å². The first kappa shape index (κ1) is 13.1. The summed E-state index contributed by atoms with van der Waals surface area (Å²) in [6, 6.07) is 4.51. The fraction of sp³-hybridized carbons (Fsp3) is 0.562. The molecule has 4 rings (SSSR count). The Morgan fingerprint density at radius 2 is 2.05 bits per heavy atom. The van der Waals surface area contributed by atoms with E-state index in [2.05, 4.69) is 38.3 Å². The summed E-state index contributed by atoms with van der Waals surface area (Å²) >= 11 is 0. The van der Waals surface area contributed by atoms with E-state index in [-0.39, 0.29) is 0 Å². The summed E-state index contributed by atoms with van der Waals surface area (Å²) in [6.45, 7) is 6.52. The van der Waals surface area contributed by atoms with Crippen LogP contribution in [0, 0.1) is 0 Å². The Morgan fingerprint density at radius 3 is 2.86 bits per heavy atom. The summed E-state index contributed by atoms with van der Waals surface area (Å²) in [5.74, 6) is 1.76. The van der Waals surface area contributed by atoms with E-state index in [9.17, 15) is 0 Å². The number of piperidine rings is 1. The SMILES string of the molecule is c1cn2c(C3CCCNC3)ncc2cc1N1CCNCC1. The van der Waals surface area contributed by atoms with E-state index in [4.69, 9.17) is 4.98 Å². The zero-order valence-electron chi connectivity index (χ0n) is 12.4. The first-order chi connectivity index (χ1) is 10.4. The Kier molecular flexibility index (Phi) is 3.53. The third-order valence-corrected chi connectivity index (χ3v) is 4.69. The Morgan fingerprint density at radius 1 is 1.14 bits per heavy atom. The van der Waals surface area contributed by atoms with E-state index in [0.29, 0.717) is 5.92 Å². The van der Waals surface area contributed by atoms with Crippen molar-refractivity contribution in [2.45, 2.75) is 18.8 Å². The number of piperazine rings is 1. The van der Waals surface area contributed by atoms with Crippen molar-refractivity contribution in [2.24, 2.45) is 0 Å². The predicted molar refractivity (Wildman–Crippen MR) is 85.1 cm³/mol. The van der Waals surface area contributed by atoms with Crippen molar-refractivity contribution < 1.29 is 0 Å². The second kappa shape index (κ2) is 5.66. The molecule has 2 aromatic rings. The Bertz CT molecular complexity index is 608. The Hall–Kier alpha value is -1.59. The Labute approximate surface area is 125 Å². The van der Waals surface area contributed by atoms with Crippen molar-refractivity contribution in [1.82, 2.24) is 20.0 Å². The maximum absolute atomic E-state index is 4.70. The van der Waals surface area contributed by atoms with Crippen LogP contribution in [0.3, 0.4) is 0 Å². The molecule has 2 fully saturated rings. The molecular formula is C16H23N5. The highest BCUT2D eigenvalue weighted by Gasteiger charge is 2.20. The van der Waals surface area contributed by atoms with Crippen molar-refractivity contribution in [3.05, 3.63) is 30.4 Å². The summed E-state index contributed by atoms with van der Waals surface area (Å²) in [5, 5.41) is 6.88. The lowest BCUT2D eigenvalue weighted by molar-refractivity contribution is 0.445. The minimum Gasteiger partial charge on any atom is -0.369 e. The normalized spacial score (nSPS) is 23.6. The molecule has 0 radical (unpaired) electrons. The van der Waals surface area contributed by atoms with Gasteiger partial charge < -0.3 is 19.9 Å². The molecule has 0 aromatic carbocycles. The highest BCUT2D eigenvalue weighted by Crippen LogP contribution is 2.25. The van der Waals surface area contributed by atoms with Gasteiger partial charge in [-0.3, -0.25) is 0 Å². The molecule has 2 saturated heterocycles. The van der Waals surface area contributed by atoms with E-state index in [1.807, 2.05) is 6.20 Å². The smallest absolute Gasteiger partial charge is 0.117 e. The molecule has 0 saturated carbocycles. The number of hydrogen-bond acceptors (Lipinski definition) is 4. The number of nitrogens with zero attached hydrogens (tertiary/aromatic N) is 3. The average molecular weight is 285 g/mol. The molecule has 0 bridgehead atoms. The van der Waals surface area contributed by atoms with Crippen molar-refractivity contribution in [3.63, 3.8) is 0 Å². The van der Waals surface area contributed by atoms with E-state index in [0.717, 1.165) is 39.3 Å². The minimum atomic E-state index is 0.547. The highest BCUT2D eigenvalue weighted by atomic mass is 15.2. The van der Waals surface area contributed by atoms with Crippen LogP contribution in [0.15, 0.2) is 24.5 Å². The monoisotopic (exact) mass is 285 g/mol. The number of imidazole rings is 1. The number of rotatable bonds is 2. The largest absolute Gasteiger partial charge is 0.369 e. The molecule has 21 heavy (non-hydrogen) atoms. The van der Waals surface area contributed by atoms with Crippen LogP contribution in [0.4, 0.5) is 5.69 Å². The molecule has 4 heterocycles. The van der Waals surface area contributed by atoms with Crippen LogP contribution in [0.25, 0.3) is 5.52 Å². The molecule has 5 heteroatoms. The number of fused-ring (bicyclic) bond motifs is 1. The predicted octanol–water partition coefficient (Wildman–Crippen LogP) is 1.21. The molecular weight excluding hydrogens is 262 g/mol. The van der Waals surface area contributed by atoms with Crippen LogP contribution in [-0.2, 0) is 0 Å². The molecule has 2 N–H and O–H groups in total. The molecule has 5 nitrogen and oxygen atoms in total. The molecule has 2 aliphatic heterocycles. The Balaban J connectivity index is 1.63. The van der Waals surface area contributed by atoms with E-state index in [1.165, 1.54) is 29.9 Å². The molecule has 0 aliphatic carbocycles. The number of nitrogens with one attached hydrogen (secondary N) is 2. The standard InChI is InChI=1S/C16H23N5/c1-2-13(11-18-4-1)16-19-12-15-10-14(3-7-21(15)16)20-8-5-17-6-9-20/h3,7,10,12-13,17-18H,1-2,4-6,8-9,11H2. The summed E-state index contributed by atoms with van der Waals surface area (Å²) in [4.78, 5) is 7.15. The fourth-order valence-electron chi connectivity index (χ4n) is 3.50. The van der Waals surface area contributed by atoms with E-state index >= 15 is 0 Å². The van der Waals surface area contributed by atoms with Gasteiger partial charge in [-0.2, -0.15) is 0 Å². The van der Waals surface area contributed by atoms with Crippen LogP contribution >= 0.6 is 0 Å². The lowest BCUT2D eigenvalue weighted by Crippen LogP contribution is -2.43. The summed E-state index contributed by atoms with van der Waals surface area (Å²) in [7, 11) is 0. The van der Waals surface area contributed by atoms with Gasteiger partial charge in [0.25, 0.3) is 0 Å². The van der Waals surface area contributed by atoms with E-state index in [1.54, 1.807) is 0 Å². The fourth-order valence-corrected chi connectivity index (χ4v) is 3.50. The van der Waals surface area contributed by atoms with Gasteiger partial charge in [-0.15, -0.1) is 0 Å². The van der Waals surface area contributed by atoms with Gasteiger partial charge in [0.15, 0.2) is 0 Å². The van der Waals surface area contributed by atoms with Crippen molar-refractivity contribution in [2.75, 3.05) is 44.2 Å². The lowest BCUT2D eigenvalue weighted by Gasteiger charge is -2.29. The minimum absolute atomic E-state index is 0.547. The number of hydrogen-bond donors (Lipinski definition) is 2. The summed E-state index contributed by atoms with van der Waals surface area (Å²) in [5.41, 5.74) is 2.53.